The third-order valence-electron chi connectivity index (χ3n) is 10.6. The number of imide groups is 1. The summed E-state index contributed by atoms with van der Waals surface area (Å²) < 4.78 is 10.8. The summed E-state index contributed by atoms with van der Waals surface area (Å²) in [5.41, 5.74) is 3.35. The van der Waals surface area contributed by atoms with Crippen molar-refractivity contribution in [1.82, 2.24) is 15.1 Å². The SMILES string of the molecule is COc1cc2c(cc1OC)C(=O)N1C=C(c3ccc(NC(=O)[C@H](C)CC(=O)[C@@H](NC(=O)CCCCCN4C(=O)CC(C(C)C)C4=O)C(C)C)cc3)C[C@H]1C=N2. The van der Waals surface area contributed by atoms with Gasteiger partial charge in [-0.3, -0.25) is 38.7 Å². The van der Waals surface area contributed by atoms with E-state index in [1.54, 1.807) is 42.3 Å². The second-order valence-electron chi connectivity index (χ2n) is 15.3. The second kappa shape index (κ2) is 17.9. The molecule has 1 unspecified atom stereocenters. The molecule has 0 aliphatic carbocycles. The Morgan fingerprint density at radius 2 is 1.60 bits per heavy atom. The van der Waals surface area contributed by atoms with E-state index in [1.807, 2.05) is 46.0 Å². The maximum atomic E-state index is 13.5. The molecule has 3 aliphatic heterocycles. The number of rotatable bonds is 17. The Morgan fingerprint density at radius 1 is 0.909 bits per heavy atom. The molecule has 0 aromatic heterocycles. The van der Waals surface area contributed by atoms with Crippen molar-refractivity contribution in [2.45, 2.75) is 91.6 Å². The molecule has 3 heterocycles. The van der Waals surface area contributed by atoms with Crippen molar-refractivity contribution in [3.8, 4) is 11.5 Å². The average Bonchev–Trinajstić information content (AvgIpc) is 3.68. The van der Waals surface area contributed by atoms with Gasteiger partial charge in [0.1, 0.15) is 0 Å². The number of nitrogens with zero attached hydrogens (tertiary/aromatic N) is 3. The van der Waals surface area contributed by atoms with Gasteiger partial charge in [0.15, 0.2) is 17.3 Å². The smallest absolute Gasteiger partial charge is 0.260 e. The molecule has 1 saturated heterocycles. The lowest BCUT2D eigenvalue weighted by atomic mass is 9.92. The van der Waals surface area contributed by atoms with Crippen molar-refractivity contribution >= 4 is 58.5 Å². The minimum absolute atomic E-state index is 0.0379. The van der Waals surface area contributed by atoms with Crippen molar-refractivity contribution < 1.29 is 38.2 Å². The van der Waals surface area contributed by atoms with Crippen LogP contribution < -0.4 is 20.1 Å². The molecular formula is C42H53N5O8. The number of ketones is 1. The first-order valence-corrected chi connectivity index (χ1v) is 19.1. The zero-order valence-corrected chi connectivity index (χ0v) is 32.8. The monoisotopic (exact) mass is 755 g/mol. The van der Waals surface area contributed by atoms with Gasteiger partial charge in [0.2, 0.25) is 23.6 Å². The van der Waals surface area contributed by atoms with Gasteiger partial charge in [-0.2, -0.15) is 0 Å². The van der Waals surface area contributed by atoms with E-state index in [-0.39, 0.29) is 78.4 Å². The van der Waals surface area contributed by atoms with Crippen LogP contribution in [0.5, 0.6) is 11.5 Å². The van der Waals surface area contributed by atoms with Crippen LogP contribution in [0, 0.1) is 23.7 Å². The predicted molar refractivity (Wildman–Crippen MR) is 209 cm³/mol. The average molecular weight is 756 g/mol. The van der Waals surface area contributed by atoms with E-state index < -0.39 is 12.0 Å². The number of Topliss-reactive ketones (excluding diaryl/α,β-unsaturated/α-hetero) is 1. The minimum Gasteiger partial charge on any atom is -0.493 e. The van der Waals surface area contributed by atoms with Gasteiger partial charge in [-0.1, -0.05) is 53.2 Å². The number of hydrogen-bond donors (Lipinski definition) is 2. The Labute approximate surface area is 322 Å². The van der Waals surface area contributed by atoms with Gasteiger partial charge in [-0.05, 0) is 54.0 Å². The number of ether oxygens (including phenoxy) is 2. The molecule has 3 aliphatic rings. The highest BCUT2D eigenvalue weighted by Crippen LogP contribution is 2.39. The van der Waals surface area contributed by atoms with Gasteiger partial charge in [0.25, 0.3) is 5.91 Å². The number of anilines is 1. The highest BCUT2D eigenvalue weighted by atomic mass is 16.5. The highest BCUT2D eigenvalue weighted by molar-refractivity contribution is 6.06. The predicted octanol–water partition coefficient (Wildman–Crippen LogP) is 5.94. The number of fused-ring (bicyclic) bond motifs is 2. The van der Waals surface area contributed by atoms with Crippen LogP contribution in [-0.2, 0) is 24.0 Å². The summed E-state index contributed by atoms with van der Waals surface area (Å²) in [6.45, 7) is 9.64. The van der Waals surface area contributed by atoms with Crippen LogP contribution in [0.4, 0.5) is 11.4 Å². The highest BCUT2D eigenvalue weighted by Gasteiger charge is 2.39. The zero-order valence-electron chi connectivity index (χ0n) is 32.8. The van der Waals surface area contributed by atoms with Crippen molar-refractivity contribution in [2.75, 3.05) is 26.1 Å². The summed E-state index contributed by atoms with van der Waals surface area (Å²) >= 11 is 0. The zero-order chi connectivity index (χ0) is 40.0. The van der Waals surface area contributed by atoms with E-state index >= 15 is 0 Å². The summed E-state index contributed by atoms with van der Waals surface area (Å²) in [4.78, 5) is 85.1. The fourth-order valence-corrected chi connectivity index (χ4v) is 7.23. The maximum absolute atomic E-state index is 13.5. The number of nitrogens with one attached hydrogen (secondary N) is 2. The van der Waals surface area contributed by atoms with E-state index in [1.165, 1.54) is 19.1 Å². The van der Waals surface area contributed by atoms with E-state index in [2.05, 4.69) is 15.6 Å². The normalized spacial score (nSPS) is 18.9. The Kier molecular flexibility index (Phi) is 13.3. The molecule has 5 rings (SSSR count). The van der Waals surface area contributed by atoms with Gasteiger partial charge < -0.3 is 25.0 Å². The third-order valence-corrected chi connectivity index (χ3v) is 10.6. The molecule has 0 bridgehead atoms. The van der Waals surface area contributed by atoms with Crippen LogP contribution in [0.25, 0.3) is 5.57 Å². The molecule has 5 amide bonds. The minimum atomic E-state index is -0.728. The molecular weight excluding hydrogens is 702 g/mol. The Bertz CT molecular complexity index is 1870. The summed E-state index contributed by atoms with van der Waals surface area (Å²) in [5.74, 6) is -1.19. The first kappa shape index (κ1) is 40.8. The Balaban J connectivity index is 1.08. The molecule has 2 aromatic rings. The summed E-state index contributed by atoms with van der Waals surface area (Å²) in [7, 11) is 3.05. The van der Waals surface area contributed by atoms with E-state index in [0.29, 0.717) is 60.7 Å². The molecule has 4 atom stereocenters. The number of likely N-dealkylation sites (tertiary alicyclic amines) is 1. The molecule has 13 heteroatoms. The largest absolute Gasteiger partial charge is 0.493 e. The van der Waals surface area contributed by atoms with Crippen LogP contribution in [0.3, 0.4) is 0 Å². The first-order valence-electron chi connectivity index (χ1n) is 19.1. The molecule has 55 heavy (non-hydrogen) atoms. The topological polar surface area (TPSA) is 164 Å². The van der Waals surface area contributed by atoms with Crippen molar-refractivity contribution in [1.29, 1.82) is 0 Å². The molecule has 294 valence electrons. The number of hydrogen-bond acceptors (Lipinski definition) is 9. The van der Waals surface area contributed by atoms with Gasteiger partial charge in [0, 0.05) is 68.2 Å². The molecule has 0 radical (unpaired) electrons. The molecule has 1 fully saturated rings. The summed E-state index contributed by atoms with van der Waals surface area (Å²) in [6, 6.07) is 9.69. The van der Waals surface area contributed by atoms with Gasteiger partial charge in [-0.15, -0.1) is 0 Å². The molecule has 13 nitrogen and oxygen atoms in total. The Hall–Kier alpha value is -5.33. The molecule has 2 aromatic carbocycles. The number of carbonyl (C=O) groups excluding carboxylic acids is 6. The number of unbranched alkanes of at least 4 members (excludes halogenated alkanes) is 2. The number of benzene rings is 2. The summed E-state index contributed by atoms with van der Waals surface area (Å²) in [5, 5.41) is 5.75. The first-order chi connectivity index (χ1) is 26.2. The third kappa shape index (κ3) is 9.49. The lowest BCUT2D eigenvalue weighted by Crippen LogP contribution is -2.45. The van der Waals surface area contributed by atoms with E-state index in [0.717, 1.165) is 11.1 Å². The van der Waals surface area contributed by atoms with Gasteiger partial charge in [-0.25, -0.2) is 0 Å². The van der Waals surface area contributed by atoms with E-state index in [4.69, 9.17) is 9.47 Å². The Morgan fingerprint density at radius 3 is 2.24 bits per heavy atom. The van der Waals surface area contributed by atoms with Crippen molar-refractivity contribution in [2.24, 2.45) is 28.7 Å². The number of carbonyl (C=O) groups is 6. The quantitative estimate of drug-likeness (QED) is 0.148. The van der Waals surface area contributed by atoms with Crippen LogP contribution in [-0.4, -0.2) is 84.2 Å². The fraction of sp³-hybridized carbons (Fsp3) is 0.500. The lowest BCUT2D eigenvalue weighted by Gasteiger charge is -2.23. The van der Waals surface area contributed by atoms with Crippen LogP contribution in [0.2, 0.25) is 0 Å². The molecule has 0 spiro atoms. The molecule has 0 saturated carbocycles. The fourth-order valence-electron chi connectivity index (χ4n) is 7.23. The number of amides is 5. The van der Waals surface area contributed by atoms with Crippen LogP contribution >= 0.6 is 0 Å². The summed E-state index contributed by atoms with van der Waals surface area (Å²) in [6.07, 6.45) is 6.46. The van der Waals surface area contributed by atoms with Crippen molar-refractivity contribution in [3.05, 3.63) is 53.7 Å². The number of methoxy groups -OCH3 is 2. The standard InChI is InChI=1S/C42H53N5O8/c1-24(2)31-20-38(50)46(41(31)52)16-10-8-9-11-37(49)45-39(25(3)4)34(48)17-26(5)40(51)44-29-14-12-27(13-15-29)28-18-30-22-43-33-21-36(55-7)35(54-6)19-32(33)42(53)47(30)23-28/h12-15,19,21-26,30-31,39H,8-11,16-18,20H2,1-7H3,(H,44,51)(H,45,49)/t26-,30+,31?,39+/m1/s1. The molecule has 2 N–H and O–H groups in total. The van der Waals surface area contributed by atoms with Crippen molar-refractivity contribution in [3.63, 3.8) is 0 Å². The number of aliphatic imine (C=N–C) groups is 1. The van der Waals surface area contributed by atoms with Crippen LogP contribution in [0.15, 0.2) is 47.6 Å². The lowest BCUT2D eigenvalue weighted by molar-refractivity contribution is -0.140. The van der Waals surface area contributed by atoms with Crippen LogP contribution in [0.1, 0.15) is 95.5 Å². The van der Waals surface area contributed by atoms with E-state index in [9.17, 15) is 28.8 Å². The second-order valence-corrected chi connectivity index (χ2v) is 15.3. The van der Waals surface area contributed by atoms with Gasteiger partial charge >= 0.3 is 0 Å². The van der Waals surface area contributed by atoms with Gasteiger partial charge in [0.05, 0.1) is 37.6 Å². The maximum Gasteiger partial charge on any atom is 0.260 e.